The number of benzene rings is 3. The molecule has 44 heavy (non-hydrogen) atoms. The second-order valence-electron chi connectivity index (χ2n) is 10.5. The van der Waals surface area contributed by atoms with E-state index in [1.807, 2.05) is 60.7 Å². The van der Waals surface area contributed by atoms with Crippen LogP contribution in [0.2, 0.25) is 0 Å². The fourth-order valence-corrected chi connectivity index (χ4v) is 5.60. The number of hydrogen-bond acceptors (Lipinski definition) is 9. The Labute approximate surface area is 260 Å². The van der Waals surface area contributed by atoms with Crippen molar-refractivity contribution < 1.29 is 24.2 Å². The molecule has 2 amide bonds. The molecule has 1 aliphatic rings. The van der Waals surface area contributed by atoms with Crippen molar-refractivity contribution in [2.24, 2.45) is 0 Å². The van der Waals surface area contributed by atoms with Crippen molar-refractivity contribution in [3.8, 4) is 0 Å². The van der Waals surface area contributed by atoms with E-state index in [2.05, 4.69) is 25.8 Å². The third-order valence-corrected chi connectivity index (χ3v) is 8.18. The molecule has 2 heterocycles. The summed E-state index contributed by atoms with van der Waals surface area (Å²) in [7, 11) is 0. The molecule has 1 saturated heterocycles. The van der Waals surface area contributed by atoms with Gasteiger partial charge in [0.2, 0.25) is 11.8 Å². The summed E-state index contributed by atoms with van der Waals surface area (Å²) in [6.45, 7) is -0.0152. The number of anilines is 3. The average Bonchev–Trinajstić information content (AvgIpc) is 3.57. The summed E-state index contributed by atoms with van der Waals surface area (Å²) in [5, 5.41) is 22.6. The van der Waals surface area contributed by atoms with E-state index in [0.717, 1.165) is 21.8 Å². The molecule has 1 aromatic heterocycles. The zero-order valence-electron chi connectivity index (χ0n) is 24.1. The van der Waals surface area contributed by atoms with Crippen molar-refractivity contribution in [2.75, 3.05) is 22.1 Å². The molecule has 0 aliphatic carbocycles. The summed E-state index contributed by atoms with van der Waals surface area (Å²) >= 11 is 1.54. The normalized spacial score (nSPS) is 18.1. The van der Waals surface area contributed by atoms with Crippen molar-refractivity contribution in [1.82, 2.24) is 15.2 Å². The Bertz CT molecular complexity index is 1500. The molecule has 3 unspecified atom stereocenters. The number of rotatable bonds is 13. The van der Waals surface area contributed by atoms with Crippen LogP contribution in [-0.4, -0.2) is 44.0 Å². The van der Waals surface area contributed by atoms with Crippen LogP contribution in [-0.2, 0) is 25.7 Å². The number of nitrogen functional groups attached to an aromatic ring is 1. The van der Waals surface area contributed by atoms with Gasteiger partial charge in [-0.3, -0.25) is 14.7 Å². The Morgan fingerprint density at radius 2 is 1.64 bits per heavy atom. The molecule has 0 saturated carbocycles. The zero-order valence-corrected chi connectivity index (χ0v) is 25.0. The molecule has 0 radical (unpaired) electrons. The molecular formula is C32H36N6O5S. The van der Waals surface area contributed by atoms with E-state index in [9.17, 15) is 14.7 Å². The summed E-state index contributed by atoms with van der Waals surface area (Å²) in [5.74, 6) is 0.414. The van der Waals surface area contributed by atoms with E-state index in [1.54, 1.807) is 12.1 Å². The number of aromatic amines is 1. The van der Waals surface area contributed by atoms with Gasteiger partial charge in [-0.2, -0.15) is 5.10 Å². The molecule has 0 bridgehead atoms. The van der Waals surface area contributed by atoms with Crippen LogP contribution >= 0.6 is 11.8 Å². The number of carbonyl (C=O) groups is 2. The SMILES string of the molecule is Nc1ccccc1NC(=O)CCCCC(=O)Nc1ccc(C2OC(CSc3ncn[nH]3)CC(c3ccc(CO)cc3)O2)cc1. The van der Waals surface area contributed by atoms with Crippen molar-refractivity contribution in [3.05, 3.63) is 95.8 Å². The van der Waals surface area contributed by atoms with E-state index in [0.29, 0.717) is 54.9 Å². The van der Waals surface area contributed by atoms with Crippen molar-refractivity contribution in [2.45, 2.75) is 62.4 Å². The number of unbranched alkanes of at least 4 members (excludes halogenated alkanes) is 1. The van der Waals surface area contributed by atoms with Crippen LogP contribution in [0.4, 0.5) is 17.1 Å². The van der Waals surface area contributed by atoms with Crippen molar-refractivity contribution in [1.29, 1.82) is 0 Å². The summed E-state index contributed by atoms with van der Waals surface area (Å²) in [6, 6.07) is 22.3. The van der Waals surface area contributed by atoms with Gasteiger partial charge in [-0.05, 0) is 48.2 Å². The zero-order chi connectivity index (χ0) is 30.7. The van der Waals surface area contributed by atoms with Crippen LogP contribution in [0.3, 0.4) is 0 Å². The van der Waals surface area contributed by atoms with Crippen molar-refractivity contribution >= 4 is 40.6 Å². The first-order valence-corrected chi connectivity index (χ1v) is 15.5. The first kappa shape index (κ1) is 31.2. The summed E-state index contributed by atoms with van der Waals surface area (Å²) in [4.78, 5) is 28.9. The van der Waals surface area contributed by atoms with Gasteiger partial charge in [0, 0.05) is 36.3 Å². The molecule has 3 aromatic carbocycles. The van der Waals surface area contributed by atoms with Crippen LogP contribution in [0.15, 0.2) is 84.3 Å². The van der Waals surface area contributed by atoms with Crippen LogP contribution in [0.1, 0.15) is 61.2 Å². The number of nitrogens with two attached hydrogens (primary N) is 1. The van der Waals surface area contributed by atoms with E-state index in [-0.39, 0.29) is 30.6 Å². The van der Waals surface area contributed by atoms with Crippen LogP contribution in [0.25, 0.3) is 0 Å². The Balaban J connectivity index is 1.12. The second-order valence-corrected chi connectivity index (χ2v) is 11.5. The monoisotopic (exact) mass is 616 g/mol. The number of nitrogens with zero attached hydrogens (tertiary/aromatic N) is 2. The number of ether oxygens (including phenoxy) is 2. The summed E-state index contributed by atoms with van der Waals surface area (Å²) in [6.07, 6.45) is 3.00. The number of aliphatic hydroxyl groups is 1. The standard InChI is InChI=1S/C32H36N6O5S/c33-26-5-1-2-6-27(26)37-30(41)8-4-3-7-29(40)36-24-15-13-23(14-16-24)31-42-25(19-44-32-34-20-35-38-32)17-28(43-31)22-11-9-21(18-39)10-12-22/h1-2,5-6,9-16,20,25,28,31,39H,3-4,7-8,17-19,33H2,(H,36,40)(H,37,41)(H,34,35,38). The van der Waals surface area contributed by atoms with E-state index < -0.39 is 6.29 Å². The highest BCUT2D eigenvalue weighted by molar-refractivity contribution is 7.99. The van der Waals surface area contributed by atoms with Gasteiger partial charge in [0.1, 0.15) is 6.33 Å². The topological polar surface area (TPSA) is 164 Å². The number of H-pyrrole nitrogens is 1. The predicted octanol–water partition coefficient (Wildman–Crippen LogP) is 5.35. The second kappa shape index (κ2) is 15.5. The van der Waals surface area contributed by atoms with E-state index in [4.69, 9.17) is 15.2 Å². The Kier molecular flexibility index (Phi) is 11.0. The molecule has 11 nitrogen and oxygen atoms in total. The van der Waals surface area contributed by atoms with Crippen LogP contribution in [0.5, 0.6) is 0 Å². The third kappa shape index (κ3) is 8.89. The fourth-order valence-electron chi connectivity index (χ4n) is 4.80. The van der Waals surface area contributed by atoms with Gasteiger partial charge >= 0.3 is 0 Å². The van der Waals surface area contributed by atoms with Gasteiger partial charge in [-0.25, -0.2) is 4.98 Å². The minimum atomic E-state index is -0.603. The lowest BCUT2D eigenvalue weighted by Crippen LogP contribution is -2.31. The lowest BCUT2D eigenvalue weighted by atomic mass is 10.0. The fraction of sp³-hybridized carbons (Fsp3) is 0.312. The number of carbonyl (C=O) groups excluding carboxylic acids is 2. The van der Waals surface area contributed by atoms with Crippen molar-refractivity contribution in [3.63, 3.8) is 0 Å². The van der Waals surface area contributed by atoms with Gasteiger partial charge in [-0.15, -0.1) is 0 Å². The molecular weight excluding hydrogens is 580 g/mol. The molecule has 3 atom stereocenters. The summed E-state index contributed by atoms with van der Waals surface area (Å²) < 4.78 is 12.7. The quantitative estimate of drug-likeness (QED) is 0.0756. The molecule has 6 N–H and O–H groups in total. The first-order chi connectivity index (χ1) is 21.5. The molecule has 1 aliphatic heterocycles. The largest absolute Gasteiger partial charge is 0.397 e. The summed E-state index contributed by atoms with van der Waals surface area (Å²) in [5.41, 5.74) is 10.3. The minimum absolute atomic E-state index is 0.0152. The van der Waals surface area contributed by atoms with E-state index in [1.165, 1.54) is 18.1 Å². The van der Waals surface area contributed by atoms with Gasteiger partial charge in [0.15, 0.2) is 11.4 Å². The van der Waals surface area contributed by atoms with Gasteiger partial charge in [0.25, 0.3) is 0 Å². The van der Waals surface area contributed by atoms with Gasteiger partial charge < -0.3 is 30.9 Å². The minimum Gasteiger partial charge on any atom is -0.397 e. The highest BCUT2D eigenvalue weighted by atomic mass is 32.2. The smallest absolute Gasteiger partial charge is 0.224 e. The predicted molar refractivity (Wildman–Crippen MR) is 169 cm³/mol. The number of aliphatic hydroxyl groups excluding tert-OH is 1. The van der Waals surface area contributed by atoms with Crippen LogP contribution in [0, 0.1) is 0 Å². The Hall–Kier alpha value is -4.23. The van der Waals surface area contributed by atoms with Gasteiger partial charge in [0.05, 0.1) is 30.2 Å². The van der Waals surface area contributed by atoms with Crippen LogP contribution < -0.4 is 16.4 Å². The molecule has 0 spiro atoms. The van der Waals surface area contributed by atoms with Gasteiger partial charge in [-0.1, -0.05) is 60.3 Å². The lowest BCUT2D eigenvalue weighted by molar-refractivity contribution is -0.245. The maximum absolute atomic E-state index is 12.5. The lowest BCUT2D eigenvalue weighted by Gasteiger charge is -2.36. The highest BCUT2D eigenvalue weighted by Gasteiger charge is 2.32. The number of para-hydroxylation sites is 2. The average molecular weight is 617 g/mol. The maximum atomic E-state index is 12.5. The number of hydrogen-bond donors (Lipinski definition) is 5. The number of thioether (sulfide) groups is 1. The third-order valence-electron chi connectivity index (χ3n) is 7.17. The molecule has 230 valence electrons. The Morgan fingerprint density at radius 3 is 2.32 bits per heavy atom. The Morgan fingerprint density at radius 1 is 0.932 bits per heavy atom. The highest BCUT2D eigenvalue weighted by Crippen LogP contribution is 2.39. The number of aromatic nitrogens is 3. The molecule has 1 fully saturated rings. The maximum Gasteiger partial charge on any atom is 0.224 e. The molecule has 4 aromatic rings. The molecule has 12 heteroatoms. The number of amides is 2. The van der Waals surface area contributed by atoms with E-state index >= 15 is 0 Å². The molecule has 5 rings (SSSR count). The number of nitrogens with one attached hydrogen (secondary N) is 3. The first-order valence-electron chi connectivity index (χ1n) is 14.5.